The van der Waals surface area contributed by atoms with Crippen LogP contribution in [0.25, 0.3) is 0 Å². The van der Waals surface area contributed by atoms with Gasteiger partial charge in [0.2, 0.25) is 0 Å². The van der Waals surface area contributed by atoms with Gasteiger partial charge in [-0.25, -0.2) is 10.7 Å². The Morgan fingerprint density at radius 3 is 2.14 bits per heavy atom. The van der Waals surface area contributed by atoms with Crippen LogP contribution in [-0.4, -0.2) is 18.2 Å². The summed E-state index contributed by atoms with van der Waals surface area (Å²) in [6, 6.07) is 0. The van der Waals surface area contributed by atoms with Crippen LogP contribution in [0.5, 0.6) is 0 Å². The van der Waals surface area contributed by atoms with Crippen LogP contribution in [0.3, 0.4) is 0 Å². The van der Waals surface area contributed by atoms with Crippen LogP contribution in [0.4, 0.5) is 0 Å². The third kappa shape index (κ3) is 2.52. The molecule has 0 fully saturated rings. The molecular weight excluding hydrogens is 98.0 g/mol. The van der Waals surface area contributed by atoms with E-state index in [1.165, 1.54) is 14.0 Å². The summed E-state index contributed by atoms with van der Waals surface area (Å²) in [5, 5.41) is 8.56. The lowest BCUT2D eigenvalue weighted by Gasteiger charge is -2.16. The van der Waals surface area contributed by atoms with Gasteiger partial charge in [-0.3, -0.25) is 0 Å². The Hall–Kier alpha value is -0.160. The average molecular weight is 107 g/mol. The van der Waals surface area contributed by atoms with Gasteiger partial charge in [0.05, 0.1) is 0 Å². The fourth-order valence-corrected chi connectivity index (χ4v) is 0.0481. The van der Waals surface area contributed by atoms with Crippen LogP contribution >= 0.6 is 0 Å². The van der Waals surface area contributed by atoms with E-state index in [2.05, 4.69) is 15.5 Å². The maximum Gasteiger partial charge on any atom is 0.293 e. The van der Waals surface area contributed by atoms with Gasteiger partial charge >= 0.3 is 0 Å². The summed E-state index contributed by atoms with van der Waals surface area (Å²) in [6.07, 6.45) is 0. The van der Waals surface area contributed by atoms with Crippen molar-refractivity contribution in [3.8, 4) is 0 Å². The molecule has 44 valence electrons. The van der Waals surface area contributed by atoms with Crippen LogP contribution in [0, 0.1) is 0 Å². The molecule has 0 aliphatic heterocycles. The highest BCUT2D eigenvalue weighted by Crippen LogP contribution is 1.99. The molecule has 0 saturated heterocycles. The first-order valence-corrected chi connectivity index (χ1v) is 1.78. The Morgan fingerprint density at radius 2 is 2.14 bits per heavy atom. The van der Waals surface area contributed by atoms with Crippen molar-refractivity contribution < 1.29 is 14.7 Å². The van der Waals surface area contributed by atoms with Crippen molar-refractivity contribution in [1.82, 2.24) is 0 Å². The van der Waals surface area contributed by atoms with E-state index in [0.717, 1.165) is 0 Å². The highest BCUT2D eigenvalue weighted by molar-refractivity contribution is 4.32. The van der Waals surface area contributed by atoms with Crippen molar-refractivity contribution in [2.24, 2.45) is 5.90 Å². The van der Waals surface area contributed by atoms with E-state index < -0.39 is 5.97 Å². The number of aliphatic hydroxyl groups is 1. The number of methoxy groups -OCH3 is 1. The molecule has 1 atom stereocenters. The molecule has 4 nitrogen and oxygen atoms in total. The van der Waals surface area contributed by atoms with E-state index in [4.69, 9.17) is 5.11 Å². The van der Waals surface area contributed by atoms with Crippen LogP contribution in [0.2, 0.25) is 0 Å². The van der Waals surface area contributed by atoms with Crippen molar-refractivity contribution in [1.29, 1.82) is 0 Å². The van der Waals surface area contributed by atoms with E-state index in [1.54, 1.807) is 0 Å². The topological polar surface area (TPSA) is 64.7 Å². The molecule has 0 aromatic heterocycles. The Labute approximate surface area is 41.8 Å². The number of rotatable bonds is 2. The lowest BCUT2D eigenvalue weighted by atomic mass is 10.7. The molecule has 0 amide bonds. The number of nitrogens with two attached hydrogens (primary N) is 1. The number of hydrogen-bond acceptors (Lipinski definition) is 4. The van der Waals surface area contributed by atoms with E-state index in [9.17, 15) is 0 Å². The van der Waals surface area contributed by atoms with Gasteiger partial charge in [0.1, 0.15) is 0 Å². The fraction of sp³-hybridized carbons (Fsp3) is 1.00. The lowest BCUT2D eigenvalue weighted by Crippen LogP contribution is -2.33. The van der Waals surface area contributed by atoms with Gasteiger partial charge in [0.25, 0.3) is 5.97 Å². The molecule has 0 aliphatic carbocycles. The largest absolute Gasteiger partial charge is 0.342 e. The second kappa shape index (κ2) is 2.23. The van der Waals surface area contributed by atoms with Crippen LogP contribution in [0.1, 0.15) is 6.92 Å². The zero-order valence-electron chi connectivity index (χ0n) is 4.34. The molecule has 0 bridgehead atoms. The first-order chi connectivity index (χ1) is 3.12. The van der Waals surface area contributed by atoms with Gasteiger partial charge in [0, 0.05) is 14.0 Å². The van der Waals surface area contributed by atoms with Gasteiger partial charge < -0.3 is 9.84 Å². The molecule has 0 aromatic carbocycles. The van der Waals surface area contributed by atoms with Gasteiger partial charge in [-0.2, -0.15) is 0 Å². The standard InChI is InChI=1S/C3H9NO3/c1-3(5,6-2)7-4/h5H,4H2,1-2H3. The maximum absolute atomic E-state index is 8.56. The molecule has 1 unspecified atom stereocenters. The van der Waals surface area contributed by atoms with Crippen molar-refractivity contribution in [2.45, 2.75) is 12.9 Å². The highest BCUT2D eigenvalue weighted by atomic mass is 16.9. The summed E-state index contributed by atoms with van der Waals surface area (Å²) >= 11 is 0. The SMILES string of the molecule is COC(C)(O)ON. The maximum atomic E-state index is 8.56. The highest BCUT2D eigenvalue weighted by Gasteiger charge is 2.16. The molecular formula is C3H9NO3. The Bertz CT molecular complexity index is 48.1. The molecule has 0 rings (SSSR count). The summed E-state index contributed by atoms with van der Waals surface area (Å²) in [5.41, 5.74) is 0. The van der Waals surface area contributed by atoms with E-state index >= 15 is 0 Å². The van der Waals surface area contributed by atoms with Crippen LogP contribution < -0.4 is 5.90 Å². The fourth-order valence-electron chi connectivity index (χ4n) is 0.0481. The zero-order valence-corrected chi connectivity index (χ0v) is 4.34. The normalized spacial score (nSPS) is 18.9. The summed E-state index contributed by atoms with van der Waals surface area (Å²) in [5.74, 6) is 2.90. The monoisotopic (exact) mass is 107 g/mol. The molecule has 0 aromatic rings. The molecule has 7 heavy (non-hydrogen) atoms. The minimum atomic E-state index is -1.64. The van der Waals surface area contributed by atoms with E-state index in [0.29, 0.717) is 0 Å². The van der Waals surface area contributed by atoms with Crippen molar-refractivity contribution >= 4 is 0 Å². The summed E-state index contributed by atoms with van der Waals surface area (Å²) in [4.78, 5) is 3.92. The lowest BCUT2D eigenvalue weighted by molar-refractivity contribution is -0.341. The molecule has 0 heterocycles. The van der Waals surface area contributed by atoms with E-state index in [-0.39, 0.29) is 0 Å². The minimum absolute atomic E-state index is 1.28. The number of ether oxygens (including phenoxy) is 1. The van der Waals surface area contributed by atoms with Gasteiger partial charge in [-0.15, -0.1) is 0 Å². The van der Waals surface area contributed by atoms with Crippen LogP contribution in [-0.2, 0) is 9.57 Å². The smallest absolute Gasteiger partial charge is 0.293 e. The van der Waals surface area contributed by atoms with Crippen molar-refractivity contribution in [3.05, 3.63) is 0 Å². The molecule has 0 radical (unpaired) electrons. The van der Waals surface area contributed by atoms with E-state index in [1.807, 2.05) is 0 Å². The van der Waals surface area contributed by atoms with Crippen LogP contribution in [0.15, 0.2) is 0 Å². The predicted octanol–water partition coefficient (Wildman–Crippen LogP) is -0.811. The summed E-state index contributed by atoms with van der Waals surface area (Å²) in [6.45, 7) is 1.28. The van der Waals surface area contributed by atoms with Crippen molar-refractivity contribution in [2.75, 3.05) is 7.11 Å². The van der Waals surface area contributed by atoms with Crippen molar-refractivity contribution in [3.63, 3.8) is 0 Å². The first kappa shape index (κ1) is 6.84. The average Bonchev–Trinajstić information content (AvgIpc) is 1.68. The van der Waals surface area contributed by atoms with Gasteiger partial charge in [-0.05, 0) is 0 Å². The Kier molecular flexibility index (Phi) is 2.17. The number of hydrogen-bond donors (Lipinski definition) is 2. The molecule has 0 aliphatic rings. The summed E-state index contributed by atoms with van der Waals surface area (Å²) in [7, 11) is 1.28. The second-order valence-electron chi connectivity index (χ2n) is 1.22. The molecule has 4 heteroatoms. The minimum Gasteiger partial charge on any atom is -0.342 e. The first-order valence-electron chi connectivity index (χ1n) is 1.78. The molecule has 0 saturated carbocycles. The third-order valence-corrected chi connectivity index (χ3v) is 0.597. The summed E-state index contributed by atoms with van der Waals surface area (Å²) < 4.78 is 4.30. The third-order valence-electron chi connectivity index (χ3n) is 0.597. The quantitative estimate of drug-likeness (QED) is 0.358. The van der Waals surface area contributed by atoms with Gasteiger partial charge in [-0.1, -0.05) is 0 Å². The second-order valence-corrected chi connectivity index (χ2v) is 1.22. The molecule has 3 N–H and O–H groups in total. The zero-order chi connectivity index (χ0) is 5.91. The van der Waals surface area contributed by atoms with Gasteiger partial charge in [0.15, 0.2) is 0 Å². The molecule has 0 spiro atoms. The Balaban J connectivity index is 3.36. The Morgan fingerprint density at radius 1 is 1.71 bits per heavy atom. The predicted molar refractivity (Wildman–Crippen MR) is 22.9 cm³/mol.